The zero-order valence-electron chi connectivity index (χ0n) is 9.23. The summed E-state index contributed by atoms with van der Waals surface area (Å²) in [6.07, 6.45) is 1.87. The van der Waals surface area contributed by atoms with Gasteiger partial charge in [-0.15, -0.1) is 0 Å². The number of hydrogen-bond donors (Lipinski definition) is 2. The molecule has 1 unspecified atom stereocenters. The minimum Gasteiger partial charge on any atom is -0.370 e. The van der Waals surface area contributed by atoms with Gasteiger partial charge in [-0.1, -0.05) is 11.6 Å². The van der Waals surface area contributed by atoms with Crippen LogP contribution in [0.25, 0.3) is 10.9 Å². The molecule has 0 spiro atoms. The fourth-order valence-corrected chi connectivity index (χ4v) is 3.24. The van der Waals surface area contributed by atoms with E-state index in [9.17, 15) is 0 Å². The molecule has 4 rings (SSSR count). The van der Waals surface area contributed by atoms with Crippen LogP contribution < -0.4 is 10.6 Å². The summed E-state index contributed by atoms with van der Waals surface area (Å²) in [7, 11) is 0. The maximum absolute atomic E-state index is 6.14. The lowest BCUT2D eigenvalue weighted by Crippen LogP contribution is -2.28. The molecule has 1 aromatic carbocycles. The minimum absolute atomic E-state index is 0.422. The molecule has 2 fully saturated rings. The molecule has 1 aliphatic carbocycles. The van der Waals surface area contributed by atoms with E-state index in [1.165, 1.54) is 5.69 Å². The average Bonchev–Trinajstić information content (AvgIpc) is 2.79. The van der Waals surface area contributed by atoms with Gasteiger partial charge in [0.25, 0.3) is 0 Å². The highest BCUT2D eigenvalue weighted by atomic mass is 35.5. The maximum atomic E-state index is 6.14. The van der Waals surface area contributed by atoms with Gasteiger partial charge in [0, 0.05) is 35.2 Å². The van der Waals surface area contributed by atoms with Crippen molar-refractivity contribution in [3.63, 3.8) is 0 Å². The standard InChI is InChI=1S/C12H13ClN4/c13-6-1-10-7(3-15-16-10)11(2-6)17-4-8-9(5-17)12(8)14/h1-3,8-9,12H,4-5,14H2,(H,15,16)/t8-,9+,12?. The van der Waals surface area contributed by atoms with Gasteiger partial charge in [-0.2, -0.15) is 5.10 Å². The first kappa shape index (κ1) is 9.74. The molecule has 2 aromatic rings. The molecule has 3 N–H and O–H groups in total. The molecule has 0 radical (unpaired) electrons. The van der Waals surface area contributed by atoms with E-state index in [4.69, 9.17) is 17.3 Å². The van der Waals surface area contributed by atoms with Crippen LogP contribution in [-0.2, 0) is 0 Å². The van der Waals surface area contributed by atoms with Crippen molar-refractivity contribution >= 4 is 28.2 Å². The molecule has 5 heteroatoms. The van der Waals surface area contributed by atoms with Gasteiger partial charge < -0.3 is 10.6 Å². The van der Waals surface area contributed by atoms with Gasteiger partial charge in [-0.25, -0.2) is 0 Å². The van der Waals surface area contributed by atoms with Crippen LogP contribution in [0.5, 0.6) is 0 Å². The first-order valence-corrected chi connectivity index (χ1v) is 6.25. The molecule has 17 heavy (non-hydrogen) atoms. The Morgan fingerprint density at radius 1 is 1.35 bits per heavy atom. The summed E-state index contributed by atoms with van der Waals surface area (Å²) in [5.74, 6) is 1.35. The molecule has 2 aliphatic rings. The van der Waals surface area contributed by atoms with E-state index in [1.807, 2.05) is 18.3 Å². The Hall–Kier alpha value is -1.26. The Bertz CT molecular complexity index is 581. The number of nitrogens with zero attached hydrogens (tertiary/aromatic N) is 2. The number of H-pyrrole nitrogens is 1. The number of aromatic amines is 1. The third-order valence-corrected chi connectivity index (χ3v) is 4.32. The topological polar surface area (TPSA) is 57.9 Å². The van der Waals surface area contributed by atoms with Crippen LogP contribution in [0.3, 0.4) is 0 Å². The second-order valence-electron chi connectivity index (χ2n) is 5.07. The van der Waals surface area contributed by atoms with Crippen molar-refractivity contribution in [1.82, 2.24) is 10.2 Å². The van der Waals surface area contributed by atoms with Crippen molar-refractivity contribution in [1.29, 1.82) is 0 Å². The van der Waals surface area contributed by atoms with Crippen molar-refractivity contribution in [3.05, 3.63) is 23.4 Å². The summed E-state index contributed by atoms with van der Waals surface area (Å²) in [5.41, 5.74) is 8.14. The largest absolute Gasteiger partial charge is 0.370 e. The third kappa shape index (κ3) is 1.31. The summed E-state index contributed by atoms with van der Waals surface area (Å²) in [6, 6.07) is 4.36. The van der Waals surface area contributed by atoms with Crippen LogP contribution >= 0.6 is 11.6 Å². The van der Waals surface area contributed by atoms with Crippen molar-refractivity contribution < 1.29 is 0 Å². The van der Waals surface area contributed by atoms with E-state index in [2.05, 4.69) is 15.1 Å². The Labute approximate surface area is 104 Å². The van der Waals surface area contributed by atoms with E-state index in [-0.39, 0.29) is 0 Å². The van der Waals surface area contributed by atoms with E-state index in [1.54, 1.807) is 0 Å². The van der Waals surface area contributed by atoms with E-state index in [0.29, 0.717) is 17.9 Å². The lowest BCUT2D eigenvalue weighted by molar-refractivity contribution is 0.745. The highest BCUT2D eigenvalue weighted by molar-refractivity contribution is 6.31. The van der Waals surface area contributed by atoms with Gasteiger partial charge in [-0.05, 0) is 24.0 Å². The second-order valence-corrected chi connectivity index (χ2v) is 5.50. The van der Waals surface area contributed by atoms with Crippen molar-refractivity contribution in [2.24, 2.45) is 17.6 Å². The molecule has 0 bridgehead atoms. The number of fused-ring (bicyclic) bond motifs is 2. The van der Waals surface area contributed by atoms with Gasteiger partial charge in [-0.3, -0.25) is 5.10 Å². The summed E-state index contributed by atoms with van der Waals surface area (Å²) < 4.78 is 0. The maximum Gasteiger partial charge on any atom is 0.0686 e. The molecule has 88 valence electrons. The fourth-order valence-electron chi connectivity index (χ4n) is 3.03. The molecule has 4 nitrogen and oxygen atoms in total. The van der Waals surface area contributed by atoms with E-state index < -0.39 is 0 Å². The first-order chi connectivity index (χ1) is 8.24. The van der Waals surface area contributed by atoms with Crippen molar-refractivity contribution in [3.8, 4) is 0 Å². The number of rotatable bonds is 1. The molecule has 1 aliphatic heterocycles. The number of anilines is 1. The monoisotopic (exact) mass is 248 g/mol. The van der Waals surface area contributed by atoms with Crippen LogP contribution in [0.2, 0.25) is 5.02 Å². The predicted molar refractivity (Wildman–Crippen MR) is 68.3 cm³/mol. The lowest BCUT2D eigenvalue weighted by Gasteiger charge is -2.22. The van der Waals surface area contributed by atoms with Gasteiger partial charge in [0.1, 0.15) is 0 Å². The average molecular weight is 249 g/mol. The smallest absolute Gasteiger partial charge is 0.0686 e. The molecule has 1 aromatic heterocycles. The van der Waals surface area contributed by atoms with Crippen LogP contribution in [0.15, 0.2) is 18.3 Å². The summed E-state index contributed by atoms with van der Waals surface area (Å²) in [5, 5.41) is 8.95. The van der Waals surface area contributed by atoms with E-state index in [0.717, 1.165) is 29.0 Å². The predicted octanol–water partition coefficient (Wildman–Crippen LogP) is 1.61. The number of halogens is 1. The van der Waals surface area contributed by atoms with Gasteiger partial charge in [0.2, 0.25) is 0 Å². The first-order valence-electron chi connectivity index (χ1n) is 5.87. The Morgan fingerprint density at radius 3 is 2.88 bits per heavy atom. The Morgan fingerprint density at radius 2 is 2.12 bits per heavy atom. The SMILES string of the molecule is NC1[C@H]2CN(c3cc(Cl)cc4[nH]ncc34)C[C@@H]12. The highest BCUT2D eigenvalue weighted by Crippen LogP contribution is 2.46. The zero-order chi connectivity index (χ0) is 11.6. The number of piperidine rings is 1. The molecular formula is C12H13ClN4. The van der Waals surface area contributed by atoms with Gasteiger partial charge in [0.15, 0.2) is 0 Å². The zero-order valence-corrected chi connectivity index (χ0v) is 9.98. The summed E-state index contributed by atoms with van der Waals surface area (Å²) >= 11 is 6.14. The molecule has 3 atom stereocenters. The van der Waals surface area contributed by atoms with Crippen LogP contribution in [0, 0.1) is 11.8 Å². The normalized spacial score (nSPS) is 30.9. The number of hydrogen-bond acceptors (Lipinski definition) is 3. The second kappa shape index (κ2) is 3.15. The van der Waals surface area contributed by atoms with E-state index >= 15 is 0 Å². The van der Waals surface area contributed by atoms with Gasteiger partial charge >= 0.3 is 0 Å². The highest BCUT2D eigenvalue weighted by Gasteiger charge is 2.53. The van der Waals surface area contributed by atoms with Crippen LogP contribution in [0.4, 0.5) is 5.69 Å². The molecule has 1 saturated carbocycles. The van der Waals surface area contributed by atoms with Crippen molar-refractivity contribution in [2.75, 3.05) is 18.0 Å². The minimum atomic E-state index is 0.422. The summed E-state index contributed by atoms with van der Waals surface area (Å²) in [4.78, 5) is 2.38. The Kier molecular flexibility index (Phi) is 1.80. The van der Waals surface area contributed by atoms with Crippen molar-refractivity contribution in [2.45, 2.75) is 6.04 Å². The fraction of sp³-hybridized carbons (Fsp3) is 0.417. The Balaban J connectivity index is 1.78. The molecule has 0 amide bonds. The molecular weight excluding hydrogens is 236 g/mol. The summed E-state index contributed by atoms with van der Waals surface area (Å²) in [6.45, 7) is 2.10. The van der Waals surface area contributed by atoms with Gasteiger partial charge in [0.05, 0.1) is 11.7 Å². The number of nitrogens with two attached hydrogens (primary N) is 1. The number of nitrogens with one attached hydrogen (secondary N) is 1. The van der Waals surface area contributed by atoms with Crippen LogP contribution in [-0.4, -0.2) is 29.3 Å². The van der Waals surface area contributed by atoms with Crippen LogP contribution in [0.1, 0.15) is 0 Å². The molecule has 2 heterocycles. The molecule has 1 saturated heterocycles. The number of benzene rings is 1. The quantitative estimate of drug-likeness (QED) is 0.806. The number of aromatic nitrogens is 2. The lowest BCUT2D eigenvalue weighted by atomic mass is 10.2. The third-order valence-electron chi connectivity index (χ3n) is 4.10.